The van der Waals surface area contributed by atoms with Gasteiger partial charge in [0.1, 0.15) is 5.02 Å². The van der Waals surface area contributed by atoms with Crippen molar-refractivity contribution >= 4 is 17.3 Å². The van der Waals surface area contributed by atoms with Crippen molar-refractivity contribution in [3.63, 3.8) is 0 Å². The molecule has 0 radical (unpaired) electrons. The monoisotopic (exact) mass is 298 g/mol. The highest BCUT2D eigenvalue weighted by Crippen LogP contribution is 2.30. The quantitative estimate of drug-likeness (QED) is 0.849. The van der Waals surface area contributed by atoms with Crippen LogP contribution in [0.15, 0.2) is 11.0 Å². The van der Waals surface area contributed by atoms with Crippen LogP contribution in [-0.2, 0) is 6.54 Å². The van der Waals surface area contributed by atoms with E-state index in [9.17, 15) is 4.79 Å². The van der Waals surface area contributed by atoms with Gasteiger partial charge in [-0.1, -0.05) is 11.6 Å². The molecule has 20 heavy (non-hydrogen) atoms. The fourth-order valence-electron chi connectivity index (χ4n) is 3.27. The summed E-state index contributed by atoms with van der Waals surface area (Å²) in [6.07, 6.45) is 5.09. The summed E-state index contributed by atoms with van der Waals surface area (Å²) in [6.45, 7) is 2.32. The number of hydrogen-bond acceptors (Lipinski definition) is 5. The topological polar surface area (TPSA) is 70.4 Å². The summed E-state index contributed by atoms with van der Waals surface area (Å²) in [6, 6.07) is 0.885. The number of hydrogen-bond donors (Lipinski definition) is 2. The highest BCUT2D eigenvalue weighted by molar-refractivity contribution is 6.32. The number of aromatic nitrogens is 2. The fourth-order valence-corrected chi connectivity index (χ4v) is 3.47. The summed E-state index contributed by atoms with van der Waals surface area (Å²) < 4.78 is 1.18. The molecule has 2 aliphatic rings. The Balaban J connectivity index is 1.78. The lowest BCUT2D eigenvalue weighted by Crippen LogP contribution is -2.35. The third kappa shape index (κ3) is 2.43. The molecule has 3 heterocycles. The van der Waals surface area contributed by atoms with Crippen LogP contribution in [-0.4, -0.2) is 51.6 Å². The Morgan fingerprint density at radius 3 is 3.10 bits per heavy atom. The number of nitrogens with zero attached hydrogens (tertiary/aromatic N) is 3. The van der Waals surface area contributed by atoms with Crippen LogP contribution in [0, 0.1) is 0 Å². The number of aliphatic hydroxyl groups is 1. The fraction of sp³-hybridized carbons (Fsp3) is 0.692. The van der Waals surface area contributed by atoms with Gasteiger partial charge in [0.15, 0.2) is 0 Å². The van der Waals surface area contributed by atoms with Gasteiger partial charge in [0.2, 0.25) is 0 Å². The largest absolute Gasteiger partial charge is 0.394 e. The van der Waals surface area contributed by atoms with Crippen molar-refractivity contribution in [2.45, 2.75) is 37.9 Å². The number of rotatable bonds is 4. The van der Waals surface area contributed by atoms with E-state index in [2.05, 4.69) is 15.3 Å². The Kier molecular flexibility index (Phi) is 3.96. The van der Waals surface area contributed by atoms with Crippen molar-refractivity contribution in [3.05, 3.63) is 21.6 Å². The summed E-state index contributed by atoms with van der Waals surface area (Å²) in [5.74, 6) is 0. The van der Waals surface area contributed by atoms with Crippen LogP contribution in [0.2, 0.25) is 5.02 Å². The third-order valence-electron chi connectivity index (χ3n) is 4.24. The van der Waals surface area contributed by atoms with E-state index in [1.807, 2.05) is 0 Å². The van der Waals surface area contributed by atoms with E-state index >= 15 is 0 Å². The van der Waals surface area contributed by atoms with Gasteiger partial charge in [0.05, 0.1) is 25.0 Å². The lowest BCUT2D eigenvalue weighted by atomic mass is 10.1. The molecule has 2 atom stereocenters. The molecule has 1 aromatic heterocycles. The zero-order valence-electron chi connectivity index (χ0n) is 11.3. The summed E-state index contributed by atoms with van der Waals surface area (Å²) >= 11 is 6.12. The Bertz CT molecular complexity index is 548. The number of nitrogens with one attached hydrogen (secondary N) is 1. The van der Waals surface area contributed by atoms with Crippen molar-refractivity contribution in [1.29, 1.82) is 0 Å². The summed E-state index contributed by atoms with van der Waals surface area (Å²) in [5.41, 5.74) is 0.247. The lowest BCUT2D eigenvalue weighted by Gasteiger charge is -2.22. The van der Waals surface area contributed by atoms with Gasteiger partial charge in [-0.3, -0.25) is 9.69 Å². The van der Waals surface area contributed by atoms with Gasteiger partial charge in [-0.2, -0.15) is 5.10 Å². The molecule has 3 rings (SSSR count). The highest BCUT2D eigenvalue weighted by Gasteiger charge is 2.37. The van der Waals surface area contributed by atoms with Crippen molar-refractivity contribution in [1.82, 2.24) is 14.7 Å². The van der Waals surface area contributed by atoms with Crippen LogP contribution >= 0.6 is 11.6 Å². The maximum Gasteiger partial charge on any atom is 0.287 e. The van der Waals surface area contributed by atoms with Crippen molar-refractivity contribution in [2.75, 3.05) is 25.0 Å². The molecule has 1 aromatic rings. The van der Waals surface area contributed by atoms with Crippen LogP contribution in [0.1, 0.15) is 19.3 Å². The zero-order chi connectivity index (χ0) is 14.1. The molecule has 0 aromatic carbocycles. The molecule has 0 amide bonds. The van der Waals surface area contributed by atoms with Crippen molar-refractivity contribution < 1.29 is 5.11 Å². The average Bonchev–Trinajstić information content (AvgIpc) is 3.03. The van der Waals surface area contributed by atoms with Gasteiger partial charge in [-0.25, -0.2) is 4.68 Å². The molecule has 0 aliphatic carbocycles. The predicted octanol–water partition coefficient (Wildman–Crippen LogP) is 0.538. The first kappa shape index (κ1) is 13.9. The van der Waals surface area contributed by atoms with E-state index in [1.54, 1.807) is 6.20 Å². The first-order valence-corrected chi connectivity index (χ1v) is 7.45. The van der Waals surface area contributed by atoms with E-state index in [1.165, 1.54) is 24.1 Å². The van der Waals surface area contributed by atoms with E-state index in [0.717, 1.165) is 13.0 Å². The minimum absolute atomic E-state index is 0.129. The molecule has 2 fully saturated rings. The Labute approximate surface area is 122 Å². The number of halogens is 1. The minimum atomic E-state index is -0.355. The second kappa shape index (κ2) is 5.71. The Hall–Kier alpha value is -1.11. The zero-order valence-corrected chi connectivity index (χ0v) is 12.0. The SMILES string of the molecule is O=c1c(Cl)c(NC2CCN3CCCC23)cnn1CCO. The molecule has 2 unspecified atom stereocenters. The minimum Gasteiger partial charge on any atom is -0.394 e. The lowest BCUT2D eigenvalue weighted by molar-refractivity contribution is 0.266. The number of aliphatic hydroxyl groups excluding tert-OH is 1. The van der Waals surface area contributed by atoms with Crippen molar-refractivity contribution in [2.24, 2.45) is 0 Å². The van der Waals surface area contributed by atoms with Crippen LogP contribution < -0.4 is 10.9 Å². The van der Waals surface area contributed by atoms with Gasteiger partial charge >= 0.3 is 0 Å². The maximum atomic E-state index is 12.0. The van der Waals surface area contributed by atoms with Crippen LogP contribution in [0.3, 0.4) is 0 Å². The molecular weight excluding hydrogens is 280 g/mol. The van der Waals surface area contributed by atoms with E-state index in [-0.39, 0.29) is 23.7 Å². The second-order valence-electron chi connectivity index (χ2n) is 5.41. The molecule has 7 heteroatoms. The first-order valence-electron chi connectivity index (χ1n) is 7.08. The molecule has 110 valence electrons. The van der Waals surface area contributed by atoms with Gasteiger partial charge in [-0.15, -0.1) is 0 Å². The summed E-state index contributed by atoms with van der Waals surface area (Å²) in [5, 5.41) is 16.4. The van der Waals surface area contributed by atoms with Gasteiger partial charge in [0.25, 0.3) is 5.56 Å². The third-order valence-corrected chi connectivity index (χ3v) is 4.61. The Morgan fingerprint density at radius 2 is 2.30 bits per heavy atom. The van der Waals surface area contributed by atoms with Crippen molar-refractivity contribution in [3.8, 4) is 0 Å². The molecule has 2 N–H and O–H groups in total. The van der Waals surface area contributed by atoms with E-state index in [0.29, 0.717) is 17.8 Å². The molecule has 0 bridgehead atoms. The van der Waals surface area contributed by atoms with Crippen LogP contribution in [0.25, 0.3) is 0 Å². The Morgan fingerprint density at radius 1 is 1.45 bits per heavy atom. The van der Waals surface area contributed by atoms with Gasteiger partial charge in [-0.05, 0) is 25.8 Å². The molecule has 0 spiro atoms. The maximum absolute atomic E-state index is 12.0. The first-order chi connectivity index (χ1) is 9.70. The molecule has 2 aliphatic heterocycles. The van der Waals surface area contributed by atoms with Crippen LogP contribution in [0.5, 0.6) is 0 Å². The van der Waals surface area contributed by atoms with E-state index in [4.69, 9.17) is 16.7 Å². The molecule has 2 saturated heterocycles. The molecule has 0 saturated carbocycles. The standard InChI is InChI=1S/C13H19ClN4O2/c14-12-10(8-15-18(6-7-19)13(12)20)16-9-3-5-17-4-1-2-11(9)17/h8-9,11,16,19H,1-7H2. The van der Waals surface area contributed by atoms with Crippen LogP contribution in [0.4, 0.5) is 5.69 Å². The van der Waals surface area contributed by atoms with E-state index < -0.39 is 0 Å². The second-order valence-corrected chi connectivity index (χ2v) is 5.79. The van der Waals surface area contributed by atoms with Gasteiger partial charge < -0.3 is 10.4 Å². The number of anilines is 1. The summed E-state index contributed by atoms with van der Waals surface area (Å²) in [7, 11) is 0. The number of fused-ring (bicyclic) bond motifs is 1. The summed E-state index contributed by atoms with van der Waals surface area (Å²) in [4.78, 5) is 14.5. The molecular formula is C13H19ClN4O2. The smallest absolute Gasteiger partial charge is 0.287 e. The average molecular weight is 299 g/mol. The highest BCUT2D eigenvalue weighted by atomic mass is 35.5. The van der Waals surface area contributed by atoms with Gasteiger partial charge in [0, 0.05) is 18.6 Å². The normalized spacial score (nSPS) is 25.9. The predicted molar refractivity (Wildman–Crippen MR) is 77.2 cm³/mol. The molecule has 6 nitrogen and oxygen atoms in total.